The number of hydrogen-bond acceptors (Lipinski definition) is 6. The van der Waals surface area contributed by atoms with Crippen molar-refractivity contribution < 1.29 is 27.8 Å². The molecule has 0 aromatic heterocycles. The highest BCUT2D eigenvalue weighted by Crippen LogP contribution is 2.21. The van der Waals surface area contributed by atoms with Crippen LogP contribution in [-0.2, 0) is 14.6 Å². The van der Waals surface area contributed by atoms with Crippen LogP contribution in [0.5, 0.6) is 5.75 Å². The fourth-order valence-corrected chi connectivity index (χ4v) is 2.52. The van der Waals surface area contributed by atoms with E-state index in [0.29, 0.717) is 5.75 Å². The van der Waals surface area contributed by atoms with Crippen molar-refractivity contribution in [1.29, 1.82) is 0 Å². The Morgan fingerprint density at radius 2 is 2.00 bits per heavy atom. The first-order valence-corrected chi connectivity index (χ1v) is 7.85. The maximum absolute atomic E-state index is 12.0. The van der Waals surface area contributed by atoms with Gasteiger partial charge in [0.1, 0.15) is 25.1 Å². The summed E-state index contributed by atoms with van der Waals surface area (Å²) >= 11 is 0. The van der Waals surface area contributed by atoms with E-state index in [-0.39, 0.29) is 18.1 Å². The van der Waals surface area contributed by atoms with Gasteiger partial charge >= 0.3 is 6.09 Å². The monoisotopic (exact) mass is 317 g/mol. The lowest BCUT2D eigenvalue weighted by Crippen LogP contribution is -2.27. The van der Waals surface area contributed by atoms with Gasteiger partial charge in [-0.1, -0.05) is 6.07 Å². The number of rotatable bonds is 7. The molecule has 0 fully saturated rings. The summed E-state index contributed by atoms with van der Waals surface area (Å²) in [7, 11) is -3.39. The van der Waals surface area contributed by atoms with E-state index in [1.165, 1.54) is 12.1 Å². The van der Waals surface area contributed by atoms with E-state index in [0.717, 1.165) is 0 Å². The SMILES string of the molecule is CC(C)S(=O)(=O)c1cccc(OCC(O)COC(N)=O)c1. The minimum atomic E-state index is -3.39. The normalized spacial score (nSPS) is 13.0. The zero-order valence-corrected chi connectivity index (χ0v) is 12.7. The zero-order valence-electron chi connectivity index (χ0n) is 11.9. The van der Waals surface area contributed by atoms with E-state index in [4.69, 9.17) is 10.5 Å². The third-order valence-electron chi connectivity index (χ3n) is 2.62. The number of hydrogen-bond donors (Lipinski definition) is 2. The lowest BCUT2D eigenvalue weighted by Gasteiger charge is -2.13. The van der Waals surface area contributed by atoms with E-state index >= 15 is 0 Å². The second-order valence-corrected chi connectivity index (χ2v) is 7.17. The van der Waals surface area contributed by atoms with Gasteiger partial charge < -0.3 is 20.3 Å². The van der Waals surface area contributed by atoms with Gasteiger partial charge in [0.15, 0.2) is 9.84 Å². The van der Waals surface area contributed by atoms with Gasteiger partial charge in [-0.05, 0) is 32.0 Å². The third-order valence-corrected chi connectivity index (χ3v) is 4.77. The molecule has 0 bridgehead atoms. The Labute approximate surface area is 123 Å². The molecule has 0 heterocycles. The van der Waals surface area contributed by atoms with Crippen LogP contribution in [0.1, 0.15) is 13.8 Å². The van der Waals surface area contributed by atoms with Gasteiger partial charge in [-0.25, -0.2) is 13.2 Å². The van der Waals surface area contributed by atoms with Gasteiger partial charge in [-0.2, -0.15) is 0 Å². The molecule has 0 radical (unpaired) electrons. The summed E-state index contributed by atoms with van der Waals surface area (Å²) in [6.07, 6.45) is -2.04. The summed E-state index contributed by atoms with van der Waals surface area (Å²) in [5.41, 5.74) is 4.76. The Morgan fingerprint density at radius 1 is 1.33 bits per heavy atom. The first-order valence-electron chi connectivity index (χ1n) is 6.30. The predicted molar refractivity (Wildman–Crippen MR) is 75.8 cm³/mol. The van der Waals surface area contributed by atoms with Gasteiger partial charge in [0.25, 0.3) is 0 Å². The van der Waals surface area contributed by atoms with Crippen molar-refractivity contribution in [3.63, 3.8) is 0 Å². The largest absolute Gasteiger partial charge is 0.491 e. The number of carbonyl (C=O) groups is 1. The number of amides is 1. The molecule has 1 amide bonds. The Morgan fingerprint density at radius 3 is 2.57 bits per heavy atom. The first kappa shape index (κ1) is 17.3. The van der Waals surface area contributed by atoms with E-state index < -0.39 is 27.3 Å². The molecule has 0 aliphatic heterocycles. The van der Waals surface area contributed by atoms with Crippen LogP contribution in [0.4, 0.5) is 4.79 Å². The van der Waals surface area contributed by atoms with Crippen LogP contribution in [0.3, 0.4) is 0 Å². The first-order chi connectivity index (χ1) is 9.73. The van der Waals surface area contributed by atoms with Crippen molar-refractivity contribution in [2.45, 2.75) is 30.1 Å². The van der Waals surface area contributed by atoms with E-state index in [9.17, 15) is 18.3 Å². The highest BCUT2D eigenvalue weighted by atomic mass is 32.2. The lowest BCUT2D eigenvalue weighted by molar-refractivity contribution is 0.0419. The van der Waals surface area contributed by atoms with Crippen molar-refractivity contribution in [2.24, 2.45) is 5.73 Å². The van der Waals surface area contributed by atoms with Crippen LogP contribution in [0.25, 0.3) is 0 Å². The number of aliphatic hydroxyl groups is 1. The van der Waals surface area contributed by atoms with Crippen LogP contribution in [-0.4, -0.2) is 44.2 Å². The van der Waals surface area contributed by atoms with Gasteiger partial charge in [0, 0.05) is 0 Å². The minimum Gasteiger partial charge on any atom is -0.491 e. The van der Waals surface area contributed by atoms with Gasteiger partial charge in [0.05, 0.1) is 10.1 Å². The van der Waals surface area contributed by atoms with Crippen LogP contribution < -0.4 is 10.5 Å². The maximum atomic E-state index is 12.0. The summed E-state index contributed by atoms with van der Waals surface area (Å²) in [6, 6.07) is 5.99. The number of aliphatic hydroxyl groups excluding tert-OH is 1. The quantitative estimate of drug-likeness (QED) is 0.765. The summed E-state index contributed by atoms with van der Waals surface area (Å²) < 4.78 is 33.7. The van der Waals surface area contributed by atoms with E-state index in [2.05, 4.69) is 4.74 Å². The molecule has 1 aromatic carbocycles. The topological polar surface area (TPSA) is 116 Å². The standard InChI is InChI=1S/C13H19NO6S/c1-9(2)21(17,18)12-5-3-4-11(6-12)19-7-10(15)8-20-13(14)16/h3-6,9-10,15H,7-8H2,1-2H3,(H2,14,16). The number of sulfone groups is 1. The molecule has 0 aliphatic rings. The summed E-state index contributed by atoms with van der Waals surface area (Å²) in [6.45, 7) is 2.74. The van der Waals surface area contributed by atoms with Crippen molar-refractivity contribution in [3.05, 3.63) is 24.3 Å². The van der Waals surface area contributed by atoms with E-state index in [1.54, 1.807) is 26.0 Å². The average molecular weight is 317 g/mol. The highest BCUT2D eigenvalue weighted by molar-refractivity contribution is 7.92. The number of carbonyl (C=O) groups excluding carboxylic acids is 1. The third kappa shape index (κ3) is 5.24. The number of benzene rings is 1. The molecule has 21 heavy (non-hydrogen) atoms. The molecule has 1 unspecified atom stereocenters. The van der Waals surface area contributed by atoms with Gasteiger partial charge in [0.2, 0.25) is 0 Å². The average Bonchev–Trinajstić information content (AvgIpc) is 2.43. The molecule has 7 nitrogen and oxygen atoms in total. The van der Waals surface area contributed by atoms with Crippen molar-refractivity contribution in [3.8, 4) is 5.75 Å². The molecule has 0 saturated heterocycles. The smallest absolute Gasteiger partial charge is 0.404 e. The highest BCUT2D eigenvalue weighted by Gasteiger charge is 2.19. The summed E-state index contributed by atoms with van der Waals surface area (Å²) in [4.78, 5) is 10.5. The Balaban J connectivity index is 2.68. The second-order valence-electron chi connectivity index (χ2n) is 4.66. The van der Waals surface area contributed by atoms with Crippen LogP contribution >= 0.6 is 0 Å². The Hall–Kier alpha value is -1.80. The summed E-state index contributed by atoms with van der Waals surface area (Å²) in [5.74, 6) is 0.301. The number of primary amides is 1. The molecule has 8 heteroatoms. The molecule has 0 saturated carbocycles. The maximum Gasteiger partial charge on any atom is 0.404 e. The fourth-order valence-electron chi connectivity index (χ4n) is 1.43. The fraction of sp³-hybridized carbons (Fsp3) is 0.462. The molecule has 0 aliphatic carbocycles. The Bertz CT molecular complexity index is 584. The van der Waals surface area contributed by atoms with Crippen LogP contribution in [0, 0.1) is 0 Å². The van der Waals surface area contributed by atoms with Crippen molar-refractivity contribution in [2.75, 3.05) is 13.2 Å². The molecule has 1 atom stereocenters. The Kier molecular flexibility index (Phi) is 5.98. The molecular formula is C13H19NO6S. The van der Waals surface area contributed by atoms with Gasteiger partial charge in [-0.15, -0.1) is 0 Å². The molecule has 1 rings (SSSR count). The number of ether oxygens (including phenoxy) is 2. The molecular weight excluding hydrogens is 298 g/mol. The minimum absolute atomic E-state index is 0.151. The predicted octanol–water partition coefficient (Wildman–Crippen LogP) is 0.704. The van der Waals surface area contributed by atoms with Crippen molar-refractivity contribution in [1.82, 2.24) is 0 Å². The number of nitrogens with two attached hydrogens (primary N) is 1. The molecule has 0 spiro atoms. The molecule has 118 valence electrons. The molecule has 1 aromatic rings. The zero-order chi connectivity index (χ0) is 16.0. The van der Waals surface area contributed by atoms with Crippen LogP contribution in [0.2, 0.25) is 0 Å². The summed E-state index contributed by atoms with van der Waals surface area (Å²) in [5, 5.41) is 8.96. The van der Waals surface area contributed by atoms with Crippen molar-refractivity contribution >= 4 is 15.9 Å². The van der Waals surface area contributed by atoms with Gasteiger partial charge in [-0.3, -0.25) is 0 Å². The second kappa shape index (κ2) is 7.28. The molecule has 3 N–H and O–H groups in total. The lowest BCUT2D eigenvalue weighted by atomic mass is 10.3. The van der Waals surface area contributed by atoms with E-state index in [1.807, 2.05) is 0 Å². The van der Waals surface area contributed by atoms with Crippen LogP contribution in [0.15, 0.2) is 29.2 Å².